The standard InChI is InChI=1S/C12H23NO/c1-3-10-5-4-6-12(10)13-11-7-8-14-9(11)2/h9-13H,3-8H2,1-2H3. The van der Waals surface area contributed by atoms with Crippen molar-refractivity contribution >= 4 is 0 Å². The molecule has 1 aliphatic carbocycles. The smallest absolute Gasteiger partial charge is 0.0700 e. The summed E-state index contributed by atoms with van der Waals surface area (Å²) in [5.41, 5.74) is 0. The third-order valence-corrected chi connectivity index (χ3v) is 3.99. The Morgan fingerprint density at radius 2 is 2.07 bits per heavy atom. The minimum absolute atomic E-state index is 0.424. The molecule has 0 radical (unpaired) electrons. The largest absolute Gasteiger partial charge is 0.377 e. The van der Waals surface area contributed by atoms with Gasteiger partial charge in [0.15, 0.2) is 0 Å². The molecule has 0 amide bonds. The zero-order valence-corrected chi connectivity index (χ0v) is 9.46. The van der Waals surface area contributed by atoms with Crippen molar-refractivity contribution in [2.24, 2.45) is 5.92 Å². The lowest BCUT2D eigenvalue weighted by atomic mass is 9.99. The highest BCUT2D eigenvalue weighted by Crippen LogP contribution is 2.29. The second-order valence-corrected chi connectivity index (χ2v) is 4.84. The van der Waals surface area contributed by atoms with E-state index in [0.717, 1.165) is 18.6 Å². The molecule has 2 aliphatic rings. The van der Waals surface area contributed by atoms with Crippen LogP contribution < -0.4 is 5.32 Å². The molecule has 0 spiro atoms. The van der Waals surface area contributed by atoms with Gasteiger partial charge in [-0.25, -0.2) is 0 Å². The minimum atomic E-state index is 0.424. The van der Waals surface area contributed by atoms with Gasteiger partial charge in [0.1, 0.15) is 0 Å². The second kappa shape index (κ2) is 4.63. The number of rotatable bonds is 3. The molecule has 2 nitrogen and oxygen atoms in total. The Morgan fingerprint density at radius 3 is 2.71 bits per heavy atom. The first-order chi connectivity index (χ1) is 6.81. The molecule has 0 aromatic heterocycles. The average molecular weight is 197 g/mol. The van der Waals surface area contributed by atoms with Crippen LogP contribution in [0.4, 0.5) is 0 Å². The van der Waals surface area contributed by atoms with Crippen LogP contribution in [0, 0.1) is 5.92 Å². The second-order valence-electron chi connectivity index (χ2n) is 4.84. The fourth-order valence-electron chi connectivity index (χ4n) is 2.97. The van der Waals surface area contributed by atoms with Gasteiger partial charge in [0, 0.05) is 18.7 Å². The number of ether oxygens (including phenoxy) is 1. The van der Waals surface area contributed by atoms with Crippen LogP contribution in [0.1, 0.15) is 46.0 Å². The van der Waals surface area contributed by atoms with Crippen molar-refractivity contribution in [3.05, 3.63) is 0 Å². The molecular weight excluding hydrogens is 174 g/mol. The Balaban J connectivity index is 1.83. The fourth-order valence-corrected chi connectivity index (χ4v) is 2.97. The topological polar surface area (TPSA) is 21.3 Å². The maximum atomic E-state index is 5.58. The van der Waals surface area contributed by atoms with E-state index in [9.17, 15) is 0 Å². The molecule has 4 atom stereocenters. The van der Waals surface area contributed by atoms with Crippen LogP contribution in [0.3, 0.4) is 0 Å². The molecular formula is C12H23NO. The summed E-state index contributed by atoms with van der Waals surface area (Å²) in [5, 5.41) is 3.80. The van der Waals surface area contributed by atoms with Gasteiger partial charge in [0.2, 0.25) is 0 Å². The summed E-state index contributed by atoms with van der Waals surface area (Å²) in [6.45, 7) is 5.46. The molecule has 1 heterocycles. The van der Waals surface area contributed by atoms with Crippen LogP contribution in [0.25, 0.3) is 0 Å². The lowest BCUT2D eigenvalue weighted by molar-refractivity contribution is 0.109. The van der Waals surface area contributed by atoms with Gasteiger partial charge in [0.05, 0.1) is 6.10 Å². The van der Waals surface area contributed by atoms with Crippen LogP contribution in [-0.4, -0.2) is 24.8 Å². The number of hydrogen-bond donors (Lipinski definition) is 1. The van der Waals surface area contributed by atoms with Crippen LogP contribution in [0.15, 0.2) is 0 Å². The molecule has 2 rings (SSSR count). The van der Waals surface area contributed by atoms with E-state index in [-0.39, 0.29) is 0 Å². The van der Waals surface area contributed by atoms with E-state index in [1.54, 1.807) is 0 Å². The van der Waals surface area contributed by atoms with Gasteiger partial charge in [0.25, 0.3) is 0 Å². The third-order valence-electron chi connectivity index (χ3n) is 3.99. The van der Waals surface area contributed by atoms with Crippen molar-refractivity contribution in [2.75, 3.05) is 6.61 Å². The molecule has 1 N–H and O–H groups in total. The van der Waals surface area contributed by atoms with Gasteiger partial charge in [-0.2, -0.15) is 0 Å². The third kappa shape index (κ3) is 2.12. The molecule has 82 valence electrons. The molecule has 0 bridgehead atoms. The van der Waals surface area contributed by atoms with Crippen LogP contribution in [0.2, 0.25) is 0 Å². The lowest BCUT2D eigenvalue weighted by Gasteiger charge is -2.25. The molecule has 1 saturated heterocycles. The van der Waals surface area contributed by atoms with E-state index < -0.39 is 0 Å². The molecule has 2 heteroatoms. The zero-order chi connectivity index (χ0) is 9.97. The van der Waals surface area contributed by atoms with E-state index in [4.69, 9.17) is 4.74 Å². The van der Waals surface area contributed by atoms with Gasteiger partial charge in [-0.05, 0) is 32.1 Å². The first-order valence-corrected chi connectivity index (χ1v) is 6.19. The van der Waals surface area contributed by atoms with Crippen molar-refractivity contribution < 1.29 is 4.74 Å². The van der Waals surface area contributed by atoms with Crippen molar-refractivity contribution in [1.29, 1.82) is 0 Å². The summed E-state index contributed by atoms with van der Waals surface area (Å²) < 4.78 is 5.58. The first kappa shape index (κ1) is 10.4. The van der Waals surface area contributed by atoms with Crippen molar-refractivity contribution in [2.45, 2.75) is 64.1 Å². The summed E-state index contributed by atoms with van der Waals surface area (Å²) in [4.78, 5) is 0. The highest BCUT2D eigenvalue weighted by molar-refractivity contribution is 4.88. The summed E-state index contributed by atoms with van der Waals surface area (Å²) >= 11 is 0. The summed E-state index contributed by atoms with van der Waals surface area (Å²) in [7, 11) is 0. The van der Waals surface area contributed by atoms with Crippen molar-refractivity contribution in [3.8, 4) is 0 Å². The van der Waals surface area contributed by atoms with Crippen LogP contribution in [-0.2, 0) is 4.74 Å². The van der Waals surface area contributed by atoms with Crippen LogP contribution >= 0.6 is 0 Å². The summed E-state index contributed by atoms with van der Waals surface area (Å²) in [5.74, 6) is 0.919. The van der Waals surface area contributed by atoms with Crippen molar-refractivity contribution in [3.63, 3.8) is 0 Å². The van der Waals surface area contributed by atoms with E-state index in [1.807, 2.05) is 0 Å². The molecule has 1 saturated carbocycles. The maximum absolute atomic E-state index is 5.58. The zero-order valence-electron chi connectivity index (χ0n) is 9.46. The average Bonchev–Trinajstić information content (AvgIpc) is 2.77. The summed E-state index contributed by atoms with van der Waals surface area (Å²) in [6.07, 6.45) is 7.18. The predicted molar refractivity (Wildman–Crippen MR) is 58.4 cm³/mol. The Hall–Kier alpha value is -0.0800. The van der Waals surface area contributed by atoms with Gasteiger partial charge >= 0.3 is 0 Å². The number of nitrogens with one attached hydrogen (secondary N) is 1. The molecule has 0 aromatic rings. The highest BCUT2D eigenvalue weighted by atomic mass is 16.5. The molecule has 4 unspecified atom stereocenters. The Morgan fingerprint density at radius 1 is 1.21 bits per heavy atom. The first-order valence-electron chi connectivity index (χ1n) is 6.19. The van der Waals surface area contributed by atoms with Crippen LogP contribution in [0.5, 0.6) is 0 Å². The Bertz CT molecular complexity index is 183. The van der Waals surface area contributed by atoms with E-state index in [2.05, 4.69) is 19.2 Å². The molecule has 2 fully saturated rings. The van der Waals surface area contributed by atoms with Gasteiger partial charge in [-0.3, -0.25) is 0 Å². The van der Waals surface area contributed by atoms with Gasteiger partial charge in [-0.1, -0.05) is 19.8 Å². The maximum Gasteiger partial charge on any atom is 0.0700 e. The molecule has 0 aromatic carbocycles. The monoisotopic (exact) mass is 197 g/mol. The van der Waals surface area contributed by atoms with E-state index in [0.29, 0.717) is 12.1 Å². The molecule has 14 heavy (non-hydrogen) atoms. The fraction of sp³-hybridized carbons (Fsp3) is 1.00. The quantitative estimate of drug-likeness (QED) is 0.750. The van der Waals surface area contributed by atoms with E-state index >= 15 is 0 Å². The number of hydrogen-bond acceptors (Lipinski definition) is 2. The van der Waals surface area contributed by atoms with E-state index in [1.165, 1.54) is 32.1 Å². The minimum Gasteiger partial charge on any atom is -0.377 e. The molecule has 1 aliphatic heterocycles. The normalized spacial score (nSPS) is 43.3. The Kier molecular flexibility index (Phi) is 3.45. The Labute approximate surface area is 87.4 Å². The lowest BCUT2D eigenvalue weighted by Crippen LogP contribution is -2.43. The summed E-state index contributed by atoms with van der Waals surface area (Å²) in [6, 6.07) is 1.39. The highest BCUT2D eigenvalue weighted by Gasteiger charge is 2.31. The predicted octanol–water partition coefficient (Wildman–Crippen LogP) is 2.33. The van der Waals surface area contributed by atoms with Gasteiger partial charge in [-0.15, -0.1) is 0 Å². The van der Waals surface area contributed by atoms with Crippen molar-refractivity contribution in [1.82, 2.24) is 5.32 Å². The van der Waals surface area contributed by atoms with Gasteiger partial charge < -0.3 is 10.1 Å². The SMILES string of the molecule is CCC1CCCC1NC1CCOC1C.